The van der Waals surface area contributed by atoms with Crippen LogP contribution in [-0.4, -0.2) is 17.4 Å². The van der Waals surface area contributed by atoms with E-state index in [2.05, 4.69) is 29.4 Å². The van der Waals surface area contributed by atoms with E-state index in [4.69, 9.17) is 10.2 Å². The van der Waals surface area contributed by atoms with Crippen LogP contribution in [0, 0.1) is 0 Å². The van der Waals surface area contributed by atoms with Gasteiger partial charge in [-0.2, -0.15) is 0 Å². The maximum atomic E-state index is 12.1. The van der Waals surface area contributed by atoms with Gasteiger partial charge < -0.3 is 15.5 Å². The van der Waals surface area contributed by atoms with E-state index in [1.54, 1.807) is 0 Å². The fraction of sp³-hybridized carbons (Fsp3) is 0.412. The van der Waals surface area contributed by atoms with Gasteiger partial charge in [-0.3, -0.25) is 4.79 Å². The van der Waals surface area contributed by atoms with Crippen LogP contribution in [0.25, 0.3) is 0 Å². The molecule has 1 aromatic heterocycles. The van der Waals surface area contributed by atoms with Gasteiger partial charge in [0.25, 0.3) is 5.91 Å². The maximum Gasteiger partial charge on any atom is 0.273 e. The molecule has 1 amide bonds. The van der Waals surface area contributed by atoms with Crippen molar-refractivity contribution in [2.45, 2.75) is 38.6 Å². The predicted molar refractivity (Wildman–Crippen MR) is 85.5 cm³/mol. The van der Waals surface area contributed by atoms with Crippen molar-refractivity contribution in [3.63, 3.8) is 0 Å². The lowest BCUT2D eigenvalue weighted by atomic mass is 10.0. The first-order chi connectivity index (χ1) is 10.6. The molecule has 0 radical (unpaired) electrons. The van der Waals surface area contributed by atoms with E-state index in [0.29, 0.717) is 12.4 Å². The van der Waals surface area contributed by atoms with Crippen LogP contribution in [0.5, 0.6) is 0 Å². The second-order valence-corrected chi connectivity index (χ2v) is 5.49. The number of benzene rings is 1. The smallest absolute Gasteiger partial charge is 0.273 e. The van der Waals surface area contributed by atoms with Crippen LogP contribution < -0.4 is 11.1 Å². The van der Waals surface area contributed by atoms with Crippen molar-refractivity contribution in [1.29, 1.82) is 0 Å². The Balaban J connectivity index is 1.90. The summed E-state index contributed by atoms with van der Waals surface area (Å²) < 4.78 is 5.29. The summed E-state index contributed by atoms with van der Waals surface area (Å²) in [6.45, 7) is 4.66. The Morgan fingerprint density at radius 1 is 1.36 bits per heavy atom. The summed E-state index contributed by atoms with van der Waals surface area (Å²) >= 11 is 0. The van der Waals surface area contributed by atoms with Crippen molar-refractivity contribution in [2.24, 2.45) is 5.73 Å². The number of carbonyl (C=O) groups is 1. The summed E-state index contributed by atoms with van der Waals surface area (Å²) in [5.74, 6) is 0.420. The normalized spacial score (nSPS) is 13.6. The number of nitrogens with two attached hydrogens (primary N) is 1. The number of amides is 1. The third-order valence-electron chi connectivity index (χ3n) is 3.61. The highest BCUT2D eigenvalue weighted by Crippen LogP contribution is 2.16. The Bertz CT molecular complexity index is 595. The highest BCUT2D eigenvalue weighted by atomic mass is 16.3. The lowest BCUT2D eigenvalue weighted by Crippen LogP contribution is -2.27. The van der Waals surface area contributed by atoms with Crippen molar-refractivity contribution < 1.29 is 9.21 Å². The number of hydrogen-bond donors (Lipinski definition) is 2. The van der Waals surface area contributed by atoms with Gasteiger partial charge in [0.2, 0.25) is 5.89 Å². The molecule has 2 unspecified atom stereocenters. The van der Waals surface area contributed by atoms with E-state index in [9.17, 15) is 4.79 Å². The molecule has 5 heteroatoms. The van der Waals surface area contributed by atoms with Crippen molar-refractivity contribution in [3.05, 3.63) is 53.7 Å². The molecule has 3 N–H and O–H groups in total. The van der Waals surface area contributed by atoms with Gasteiger partial charge in [-0.25, -0.2) is 4.98 Å². The summed E-state index contributed by atoms with van der Waals surface area (Å²) in [6.07, 6.45) is 3.10. The second kappa shape index (κ2) is 7.75. The number of carbonyl (C=O) groups excluding carboxylic acids is 1. The fourth-order valence-corrected chi connectivity index (χ4v) is 2.23. The number of rotatable bonds is 7. The zero-order valence-electron chi connectivity index (χ0n) is 13.1. The van der Waals surface area contributed by atoms with E-state index in [1.807, 2.05) is 25.1 Å². The number of hydrogen-bond acceptors (Lipinski definition) is 4. The van der Waals surface area contributed by atoms with Crippen molar-refractivity contribution >= 4 is 5.91 Å². The van der Waals surface area contributed by atoms with E-state index in [0.717, 1.165) is 12.8 Å². The van der Waals surface area contributed by atoms with Crippen LogP contribution in [0.2, 0.25) is 0 Å². The first kappa shape index (κ1) is 16.2. The topological polar surface area (TPSA) is 81.1 Å². The summed E-state index contributed by atoms with van der Waals surface area (Å²) in [7, 11) is 0. The predicted octanol–water partition coefficient (Wildman–Crippen LogP) is 3.01. The molecule has 0 bridgehead atoms. The summed E-state index contributed by atoms with van der Waals surface area (Å²) in [6, 6.07) is 9.81. The van der Waals surface area contributed by atoms with Crippen LogP contribution in [-0.2, 0) is 0 Å². The van der Waals surface area contributed by atoms with E-state index in [1.165, 1.54) is 11.8 Å². The molecular weight excluding hydrogens is 278 g/mol. The molecule has 0 aliphatic carbocycles. The second-order valence-electron chi connectivity index (χ2n) is 5.49. The first-order valence-corrected chi connectivity index (χ1v) is 7.66. The minimum Gasteiger partial charge on any atom is -0.446 e. The van der Waals surface area contributed by atoms with Gasteiger partial charge in [-0.15, -0.1) is 0 Å². The number of oxazole rings is 1. The third kappa shape index (κ3) is 4.18. The molecule has 2 atom stereocenters. The molecule has 2 rings (SSSR count). The lowest BCUT2D eigenvalue weighted by Gasteiger charge is -2.12. The fourth-order valence-electron chi connectivity index (χ4n) is 2.23. The molecule has 0 aliphatic rings. The zero-order chi connectivity index (χ0) is 15.9. The molecule has 22 heavy (non-hydrogen) atoms. The van der Waals surface area contributed by atoms with Crippen molar-refractivity contribution in [2.75, 3.05) is 6.54 Å². The van der Waals surface area contributed by atoms with Crippen LogP contribution >= 0.6 is 0 Å². The number of nitrogens with one attached hydrogen (secondary N) is 1. The molecule has 1 heterocycles. The SMILES string of the molecule is CCCC(N)c1nc(C(=O)NCC(C)c2ccccc2)co1. The van der Waals surface area contributed by atoms with Crippen LogP contribution in [0.3, 0.4) is 0 Å². The molecule has 0 aliphatic heterocycles. The molecule has 0 saturated heterocycles. The van der Waals surface area contributed by atoms with Crippen LogP contribution in [0.1, 0.15) is 60.6 Å². The Morgan fingerprint density at radius 3 is 2.77 bits per heavy atom. The molecule has 5 nitrogen and oxygen atoms in total. The molecule has 2 aromatic rings. The molecular formula is C17H23N3O2. The highest BCUT2D eigenvalue weighted by molar-refractivity contribution is 5.91. The Kier molecular flexibility index (Phi) is 5.72. The first-order valence-electron chi connectivity index (χ1n) is 7.66. The van der Waals surface area contributed by atoms with E-state index < -0.39 is 0 Å². The van der Waals surface area contributed by atoms with Gasteiger partial charge in [0.15, 0.2) is 5.69 Å². The van der Waals surface area contributed by atoms with Crippen LogP contribution in [0.4, 0.5) is 0 Å². The molecule has 0 saturated carbocycles. The minimum atomic E-state index is -0.255. The molecule has 118 valence electrons. The number of aromatic nitrogens is 1. The Labute approximate surface area is 130 Å². The largest absolute Gasteiger partial charge is 0.446 e. The lowest BCUT2D eigenvalue weighted by molar-refractivity contribution is 0.0946. The average Bonchev–Trinajstić information content (AvgIpc) is 3.03. The van der Waals surface area contributed by atoms with Crippen LogP contribution in [0.15, 0.2) is 41.0 Å². The van der Waals surface area contributed by atoms with Crippen molar-refractivity contribution in [3.8, 4) is 0 Å². The monoisotopic (exact) mass is 301 g/mol. The Hall–Kier alpha value is -2.14. The van der Waals surface area contributed by atoms with Gasteiger partial charge in [0.05, 0.1) is 6.04 Å². The Morgan fingerprint density at radius 2 is 2.09 bits per heavy atom. The van der Waals surface area contributed by atoms with Gasteiger partial charge >= 0.3 is 0 Å². The summed E-state index contributed by atoms with van der Waals surface area (Å²) in [4.78, 5) is 16.3. The highest BCUT2D eigenvalue weighted by Gasteiger charge is 2.17. The summed E-state index contributed by atoms with van der Waals surface area (Å²) in [5, 5.41) is 2.88. The van der Waals surface area contributed by atoms with Gasteiger partial charge in [-0.1, -0.05) is 50.6 Å². The number of nitrogens with zero attached hydrogens (tertiary/aromatic N) is 1. The van der Waals surface area contributed by atoms with E-state index in [-0.39, 0.29) is 23.6 Å². The van der Waals surface area contributed by atoms with Gasteiger partial charge in [0, 0.05) is 6.54 Å². The summed E-state index contributed by atoms with van der Waals surface area (Å²) in [5.41, 5.74) is 7.40. The standard InChI is InChI=1S/C17H23N3O2/c1-3-7-14(18)17-20-15(11-22-17)16(21)19-10-12(2)13-8-5-4-6-9-13/h4-6,8-9,11-12,14H,3,7,10,18H2,1-2H3,(H,19,21). The average molecular weight is 301 g/mol. The molecule has 0 spiro atoms. The minimum absolute atomic E-state index is 0.235. The maximum absolute atomic E-state index is 12.1. The van der Waals surface area contributed by atoms with E-state index >= 15 is 0 Å². The van der Waals surface area contributed by atoms with Gasteiger partial charge in [0.1, 0.15) is 6.26 Å². The van der Waals surface area contributed by atoms with Gasteiger partial charge in [-0.05, 0) is 17.9 Å². The third-order valence-corrected chi connectivity index (χ3v) is 3.61. The van der Waals surface area contributed by atoms with Crippen molar-refractivity contribution in [1.82, 2.24) is 10.3 Å². The molecule has 1 aromatic carbocycles. The molecule has 0 fully saturated rings. The quantitative estimate of drug-likeness (QED) is 0.823. The zero-order valence-corrected chi connectivity index (χ0v) is 13.1.